The molecule has 3 aliphatic rings. The number of aromatic nitrogens is 4. The van der Waals surface area contributed by atoms with Crippen molar-refractivity contribution in [3.63, 3.8) is 0 Å². The number of hydrogen-bond donors (Lipinski definition) is 4. The maximum absolute atomic E-state index is 14.5. The Morgan fingerprint density at radius 3 is 2.51 bits per heavy atom. The normalized spacial score (nSPS) is 24.5. The number of carbonyl (C=O) groups is 1. The number of nitrogens with zero attached hydrogens (tertiary/aromatic N) is 5. The topological polar surface area (TPSA) is 222 Å². The minimum absolute atomic E-state index is 0.0979. The molecule has 0 bridgehead atoms. The largest absolute Gasteiger partial charge is 0.461 e. The average Bonchev–Trinajstić information content (AvgIpc) is 3.48. The van der Waals surface area contributed by atoms with Crippen molar-refractivity contribution in [2.75, 3.05) is 30.7 Å². The van der Waals surface area contributed by atoms with Gasteiger partial charge in [-0.3, -0.25) is 18.9 Å². The van der Waals surface area contributed by atoms with Crippen LogP contribution in [0.5, 0.6) is 5.75 Å². The molecule has 2 unspecified atom stereocenters. The van der Waals surface area contributed by atoms with Gasteiger partial charge >= 0.3 is 13.7 Å². The van der Waals surface area contributed by atoms with Crippen LogP contribution in [0.2, 0.25) is 0 Å². The molecule has 5 N–H and O–H groups in total. The number of nitrogen functional groups attached to an aromatic ring is 1. The molecule has 268 valence electrons. The third-order valence-corrected chi connectivity index (χ3v) is 11.8. The number of ether oxygens (including phenoxy) is 2. The second kappa shape index (κ2) is 13.3. The molecule has 2 aromatic heterocycles. The number of fused-ring (bicyclic) bond motifs is 1. The summed E-state index contributed by atoms with van der Waals surface area (Å²) in [7, 11) is -6.50. The quantitative estimate of drug-likeness (QED) is 0.111. The van der Waals surface area contributed by atoms with Crippen molar-refractivity contribution in [2.45, 2.75) is 82.5 Å². The molecule has 4 atom stereocenters. The van der Waals surface area contributed by atoms with Gasteiger partial charge in [0.15, 0.2) is 17.0 Å². The number of esters is 1. The van der Waals surface area contributed by atoms with E-state index < -0.39 is 53.1 Å². The van der Waals surface area contributed by atoms with Gasteiger partial charge in [-0.05, 0) is 62.8 Å². The number of hydrazine groups is 1. The first-order chi connectivity index (χ1) is 23.0. The summed E-state index contributed by atoms with van der Waals surface area (Å²) >= 11 is 3.38. The van der Waals surface area contributed by atoms with Crippen molar-refractivity contribution >= 4 is 62.6 Å². The third-order valence-electron chi connectivity index (χ3n) is 9.07. The lowest BCUT2D eigenvalue weighted by Gasteiger charge is -2.42. The number of hydrogen-bond acceptors (Lipinski definition) is 14. The molecule has 20 heteroatoms. The predicted octanol–water partition coefficient (Wildman–Crippen LogP) is 3.17. The number of rotatable bonds is 13. The van der Waals surface area contributed by atoms with Gasteiger partial charge in [0.05, 0.1) is 25.3 Å². The van der Waals surface area contributed by atoms with Gasteiger partial charge in [0.2, 0.25) is 16.0 Å². The zero-order valence-electron chi connectivity index (χ0n) is 27.4. The number of benzene rings is 1. The Morgan fingerprint density at radius 1 is 1.22 bits per heavy atom. The van der Waals surface area contributed by atoms with Gasteiger partial charge in [0.1, 0.15) is 29.7 Å². The maximum atomic E-state index is 14.5. The molecule has 0 spiro atoms. The minimum atomic E-state index is -4.29. The molecule has 2 aliphatic carbocycles. The summed E-state index contributed by atoms with van der Waals surface area (Å²) in [6.45, 7) is 3.16. The van der Waals surface area contributed by atoms with Gasteiger partial charge in [-0.15, -0.1) is 4.83 Å². The maximum Gasteiger partial charge on any atom is 0.459 e. The molecule has 3 heterocycles. The minimum Gasteiger partial charge on any atom is -0.461 e. The first kappa shape index (κ1) is 35.9. The number of aliphatic hydroxyl groups excluding tert-OH is 1. The highest BCUT2D eigenvalue weighted by atomic mass is 79.9. The van der Waals surface area contributed by atoms with Crippen LogP contribution in [0.15, 0.2) is 35.1 Å². The first-order valence-corrected chi connectivity index (χ1v) is 20.0. The van der Waals surface area contributed by atoms with E-state index in [-0.39, 0.29) is 41.4 Å². The summed E-state index contributed by atoms with van der Waals surface area (Å²) in [5, 5.41) is 15.6. The molecule has 1 aromatic carbocycles. The van der Waals surface area contributed by atoms with Crippen LogP contribution in [0, 0.1) is 5.41 Å². The smallest absolute Gasteiger partial charge is 0.459 e. The molecule has 49 heavy (non-hydrogen) atoms. The first-order valence-electron chi connectivity index (χ1n) is 15.7. The van der Waals surface area contributed by atoms with Gasteiger partial charge in [0.25, 0.3) is 0 Å². The second-order valence-electron chi connectivity index (χ2n) is 13.3. The number of aliphatic hydroxyl groups is 1. The number of carbonyl (C=O) groups excluding carboxylic acids is 1. The third kappa shape index (κ3) is 7.44. The SMILES string of the molecule is CN(NS(C)(=O)=O)c1nc(N)nc2c1ncn2C1O[C@H](COP(=O)(NC2(C(=O)OC3CCC3)CCC2)Oc2ccc(Br)cc2)[C@@H](O)C1(C)C. The van der Waals surface area contributed by atoms with Crippen molar-refractivity contribution in [1.82, 2.24) is 29.4 Å². The van der Waals surface area contributed by atoms with Gasteiger partial charge < -0.3 is 24.8 Å². The molecule has 0 amide bonds. The fourth-order valence-electron chi connectivity index (χ4n) is 6.00. The summed E-state index contributed by atoms with van der Waals surface area (Å²) in [6, 6.07) is 6.65. The molecule has 6 rings (SSSR count). The summed E-state index contributed by atoms with van der Waals surface area (Å²) in [5.41, 5.74) is 4.22. The summed E-state index contributed by atoms with van der Waals surface area (Å²) in [6.07, 6.45) is 3.29. The van der Waals surface area contributed by atoms with E-state index in [1.54, 1.807) is 42.7 Å². The van der Waals surface area contributed by atoms with E-state index in [9.17, 15) is 22.9 Å². The van der Waals surface area contributed by atoms with E-state index in [4.69, 9.17) is 24.3 Å². The van der Waals surface area contributed by atoms with Crippen LogP contribution in [0.25, 0.3) is 11.2 Å². The highest BCUT2D eigenvalue weighted by Crippen LogP contribution is 2.53. The zero-order valence-corrected chi connectivity index (χ0v) is 30.7. The van der Waals surface area contributed by atoms with Crippen LogP contribution in [-0.2, 0) is 33.4 Å². The molecule has 3 fully saturated rings. The molecule has 3 aromatic rings. The number of halogens is 1. The number of sulfonamides is 1. The Kier molecular flexibility index (Phi) is 9.77. The van der Waals surface area contributed by atoms with Crippen LogP contribution in [0.4, 0.5) is 11.8 Å². The lowest BCUT2D eigenvalue weighted by atomic mass is 9.77. The molecular weight excluding hydrogens is 747 g/mol. The van der Waals surface area contributed by atoms with Crippen LogP contribution in [0.1, 0.15) is 58.6 Å². The van der Waals surface area contributed by atoms with Crippen molar-refractivity contribution in [3.05, 3.63) is 35.1 Å². The summed E-state index contributed by atoms with van der Waals surface area (Å²) < 4.78 is 64.5. The Balaban J connectivity index is 1.25. The molecule has 1 saturated heterocycles. The van der Waals surface area contributed by atoms with E-state index in [1.165, 1.54) is 13.4 Å². The Hall–Kier alpha value is -2.90. The van der Waals surface area contributed by atoms with Crippen molar-refractivity contribution in [1.29, 1.82) is 0 Å². The fourth-order valence-corrected chi connectivity index (χ4v) is 8.60. The van der Waals surface area contributed by atoms with Gasteiger partial charge in [-0.25, -0.2) is 18.0 Å². The number of anilines is 2. The van der Waals surface area contributed by atoms with Crippen LogP contribution >= 0.6 is 23.7 Å². The Bertz CT molecular complexity index is 1870. The van der Waals surface area contributed by atoms with E-state index >= 15 is 0 Å². The standard InChI is InChI=1S/C29H40BrN8O9PS/c1-28(2)22(39)20(46-25(28)38-16-32-21-23(33-27(31)34-24(21)38)37(3)36-49(4,42)43)15-44-48(41,47-19-11-9-17(30)10-12-19)35-29(13-6-14-29)26(40)45-18-7-5-8-18/h9-12,16,18,20,22,25,36,39H,5-8,13-15H2,1-4H3,(H,35,41)(H2,31,33,34)/t20-,22-,25?,48?/m1/s1. The Labute approximate surface area is 292 Å². The van der Waals surface area contributed by atoms with Gasteiger partial charge in [-0.2, -0.15) is 15.1 Å². The molecule has 1 aliphatic heterocycles. The van der Waals surface area contributed by atoms with E-state index in [1.807, 2.05) is 0 Å². The lowest BCUT2D eigenvalue weighted by molar-refractivity contribution is -0.164. The summed E-state index contributed by atoms with van der Waals surface area (Å²) in [5.74, 6) is -0.309. The number of nitrogens with two attached hydrogens (primary N) is 1. The Morgan fingerprint density at radius 2 is 1.92 bits per heavy atom. The second-order valence-corrected chi connectivity index (χ2v) is 17.6. The van der Waals surface area contributed by atoms with Crippen molar-refractivity contribution in [2.24, 2.45) is 5.41 Å². The zero-order chi connectivity index (χ0) is 35.4. The van der Waals surface area contributed by atoms with E-state index in [2.05, 4.69) is 40.8 Å². The number of imidazole rings is 1. The molecule has 17 nitrogen and oxygen atoms in total. The number of nitrogens with one attached hydrogen (secondary N) is 2. The van der Waals surface area contributed by atoms with Crippen LogP contribution < -0.4 is 25.2 Å². The lowest BCUT2D eigenvalue weighted by Crippen LogP contribution is -2.58. The monoisotopic (exact) mass is 786 g/mol. The molecule has 2 saturated carbocycles. The van der Waals surface area contributed by atoms with Crippen LogP contribution in [0.3, 0.4) is 0 Å². The highest BCUT2D eigenvalue weighted by Gasteiger charge is 2.55. The van der Waals surface area contributed by atoms with Crippen LogP contribution in [-0.4, -0.2) is 82.8 Å². The molecular formula is C29H40BrN8O9PS. The van der Waals surface area contributed by atoms with E-state index in [0.717, 1.165) is 41.4 Å². The summed E-state index contributed by atoms with van der Waals surface area (Å²) in [4.78, 5) is 28.5. The molecule has 0 radical (unpaired) electrons. The van der Waals surface area contributed by atoms with Gasteiger partial charge in [0, 0.05) is 16.9 Å². The van der Waals surface area contributed by atoms with Crippen molar-refractivity contribution < 1.29 is 41.4 Å². The predicted molar refractivity (Wildman–Crippen MR) is 182 cm³/mol. The van der Waals surface area contributed by atoms with Crippen molar-refractivity contribution in [3.8, 4) is 5.75 Å². The fraction of sp³-hybridized carbons (Fsp3) is 0.586. The highest BCUT2D eigenvalue weighted by molar-refractivity contribution is 9.10. The average molecular weight is 788 g/mol. The van der Waals surface area contributed by atoms with Gasteiger partial charge in [-0.1, -0.05) is 29.8 Å². The van der Waals surface area contributed by atoms with E-state index in [0.29, 0.717) is 12.8 Å².